The number of nitrogens with zero attached hydrogens (tertiary/aromatic N) is 1. The van der Waals surface area contributed by atoms with Crippen LogP contribution in [-0.2, 0) is 0 Å². The summed E-state index contributed by atoms with van der Waals surface area (Å²) in [6.45, 7) is 0. The minimum atomic E-state index is 0.363. The number of aliphatic imine (C=N–C) groups is 1. The van der Waals surface area contributed by atoms with Crippen molar-refractivity contribution in [3.63, 3.8) is 0 Å². The van der Waals surface area contributed by atoms with Gasteiger partial charge in [0.15, 0.2) is 0 Å². The van der Waals surface area contributed by atoms with E-state index in [2.05, 4.69) is 21.4 Å². The maximum atomic E-state index is 5.68. The fraction of sp³-hybridized carbons (Fsp3) is 0.533. The molecule has 110 valence electrons. The van der Waals surface area contributed by atoms with Crippen molar-refractivity contribution in [3.05, 3.63) is 28.2 Å². The van der Waals surface area contributed by atoms with Crippen molar-refractivity contribution in [1.29, 1.82) is 0 Å². The highest BCUT2D eigenvalue weighted by atomic mass is 79.9. The Bertz CT molecular complexity index is 468. The number of benzene rings is 1. The van der Waals surface area contributed by atoms with Gasteiger partial charge in [-0.25, -0.2) is 5.84 Å². The molecule has 0 aliphatic heterocycles. The second-order valence-corrected chi connectivity index (χ2v) is 5.97. The molecular formula is C15H22BrN3O. The van der Waals surface area contributed by atoms with E-state index in [1.807, 2.05) is 18.2 Å². The largest absolute Gasteiger partial charge is 0.497 e. The monoisotopic (exact) mass is 339 g/mol. The third kappa shape index (κ3) is 3.96. The number of hydrazine groups is 1. The van der Waals surface area contributed by atoms with Crippen molar-refractivity contribution in [1.82, 2.24) is 5.43 Å². The Morgan fingerprint density at radius 1 is 1.30 bits per heavy atom. The van der Waals surface area contributed by atoms with Gasteiger partial charge in [0, 0.05) is 10.0 Å². The van der Waals surface area contributed by atoms with Crippen LogP contribution in [0, 0.1) is 0 Å². The average Bonchev–Trinajstić information content (AvgIpc) is 2.74. The van der Waals surface area contributed by atoms with Gasteiger partial charge in [0.1, 0.15) is 11.6 Å². The highest BCUT2D eigenvalue weighted by Gasteiger charge is 2.14. The van der Waals surface area contributed by atoms with E-state index in [1.165, 1.54) is 25.7 Å². The van der Waals surface area contributed by atoms with Gasteiger partial charge in [-0.3, -0.25) is 4.99 Å². The first kappa shape index (κ1) is 15.3. The molecule has 1 saturated carbocycles. The van der Waals surface area contributed by atoms with E-state index in [-0.39, 0.29) is 0 Å². The molecule has 1 aromatic rings. The summed E-state index contributed by atoms with van der Waals surface area (Å²) in [5, 5.41) is 0. The summed E-state index contributed by atoms with van der Waals surface area (Å²) in [6, 6.07) is 6.17. The lowest BCUT2D eigenvalue weighted by Gasteiger charge is -2.14. The highest BCUT2D eigenvalue weighted by Crippen LogP contribution is 2.25. The summed E-state index contributed by atoms with van der Waals surface area (Å²) in [4.78, 5) is 4.82. The maximum Gasteiger partial charge on any atom is 0.144 e. The Morgan fingerprint density at radius 3 is 2.60 bits per heavy atom. The zero-order valence-electron chi connectivity index (χ0n) is 11.9. The average molecular weight is 340 g/mol. The van der Waals surface area contributed by atoms with Crippen LogP contribution in [0.1, 0.15) is 44.1 Å². The van der Waals surface area contributed by atoms with E-state index in [0.717, 1.165) is 34.5 Å². The van der Waals surface area contributed by atoms with Crippen LogP contribution in [0.4, 0.5) is 0 Å². The third-order valence-electron chi connectivity index (χ3n) is 3.70. The molecule has 2 rings (SSSR count). The first-order valence-electron chi connectivity index (χ1n) is 7.13. The molecule has 0 unspecified atom stereocenters. The Balaban J connectivity index is 2.26. The van der Waals surface area contributed by atoms with E-state index in [9.17, 15) is 0 Å². The van der Waals surface area contributed by atoms with Gasteiger partial charge in [0.2, 0.25) is 0 Å². The van der Waals surface area contributed by atoms with E-state index in [4.69, 9.17) is 15.6 Å². The van der Waals surface area contributed by atoms with Crippen LogP contribution in [0.25, 0.3) is 0 Å². The first-order chi connectivity index (χ1) is 9.74. The predicted octanol–water partition coefficient (Wildman–Crippen LogP) is 3.39. The molecule has 1 aliphatic carbocycles. The predicted molar refractivity (Wildman–Crippen MR) is 86.0 cm³/mol. The number of hydrogen-bond donors (Lipinski definition) is 2. The van der Waals surface area contributed by atoms with Crippen LogP contribution in [0.5, 0.6) is 5.75 Å². The van der Waals surface area contributed by atoms with Crippen LogP contribution in [0.15, 0.2) is 27.7 Å². The molecule has 0 saturated heterocycles. The van der Waals surface area contributed by atoms with Gasteiger partial charge < -0.3 is 10.2 Å². The number of methoxy groups -OCH3 is 1. The molecular weight excluding hydrogens is 318 g/mol. The minimum Gasteiger partial charge on any atom is -0.497 e. The van der Waals surface area contributed by atoms with Gasteiger partial charge in [-0.1, -0.05) is 41.6 Å². The maximum absolute atomic E-state index is 5.68. The summed E-state index contributed by atoms with van der Waals surface area (Å²) < 4.78 is 6.23. The molecule has 1 aromatic carbocycles. The Kier molecular flexibility index (Phi) is 5.86. The lowest BCUT2D eigenvalue weighted by molar-refractivity contribution is 0.414. The lowest BCUT2D eigenvalue weighted by Crippen LogP contribution is -2.32. The minimum absolute atomic E-state index is 0.363. The molecule has 3 N–H and O–H groups in total. The van der Waals surface area contributed by atoms with Gasteiger partial charge >= 0.3 is 0 Å². The first-order valence-corrected chi connectivity index (χ1v) is 7.92. The standard InChI is InChI=1S/C15H22BrN3O/c1-20-12-8-9-14(16)13(10-12)15(19-17)18-11-6-4-2-3-5-7-11/h8-11H,2-7,17H2,1H3,(H,18,19). The molecule has 1 fully saturated rings. The molecule has 0 heterocycles. The Hall–Kier alpha value is -1.07. The molecule has 5 heteroatoms. The van der Waals surface area contributed by atoms with E-state index in [1.54, 1.807) is 7.11 Å². The van der Waals surface area contributed by atoms with Gasteiger partial charge in [0.25, 0.3) is 0 Å². The summed E-state index contributed by atoms with van der Waals surface area (Å²) >= 11 is 3.55. The van der Waals surface area contributed by atoms with Crippen molar-refractivity contribution in [2.24, 2.45) is 10.8 Å². The van der Waals surface area contributed by atoms with Crippen molar-refractivity contribution >= 4 is 21.8 Å². The van der Waals surface area contributed by atoms with Gasteiger partial charge in [0.05, 0.1) is 13.2 Å². The number of halogens is 1. The number of rotatable bonds is 3. The fourth-order valence-corrected chi connectivity index (χ4v) is 3.00. The van der Waals surface area contributed by atoms with Gasteiger partial charge in [-0.2, -0.15) is 0 Å². The molecule has 0 spiro atoms. The van der Waals surface area contributed by atoms with Crippen molar-refractivity contribution in [2.45, 2.75) is 44.6 Å². The summed E-state index contributed by atoms with van der Waals surface area (Å²) in [5.74, 6) is 7.20. The van der Waals surface area contributed by atoms with E-state index in [0.29, 0.717) is 6.04 Å². The van der Waals surface area contributed by atoms with Crippen LogP contribution >= 0.6 is 15.9 Å². The third-order valence-corrected chi connectivity index (χ3v) is 4.39. The fourth-order valence-electron chi connectivity index (χ4n) is 2.57. The molecule has 1 aliphatic rings. The topological polar surface area (TPSA) is 59.6 Å². The Labute approximate surface area is 128 Å². The second kappa shape index (κ2) is 7.64. The summed E-state index contributed by atoms with van der Waals surface area (Å²) in [6.07, 6.45) is 7.44. The van der Waals surface area contributed by atoms with Crippen molar-refractivity contribution in [3.8, 4) is 5.75 Å². The van der Waals surface area contributed by atoms with Crippen molar-refractivity contribution in [2.75, 3.05) is 7.11 Å². The molecule has 0 bridgehead atoms. The molecule has 0 amide bonds. The van der Waals surface area contributed by atoms with Crippen LogP contribution in [0.3, 0.4) is 0 Å². The SMILES string of the molecule is COc1ccc(Br)c(C(=NC2CCCCCC2)NN)c1. The molecule has 4 nitrogen and oxygen atoms in total. The summed E-state index contributed by atoms with van der Waals surface area (Å²) in [7, 11) is 1.66. The second-order valence-electron chi connectivity index (χ2n) is 5.11. The lowest BCUT2D eigenvalue weighted by atomic mass is 10.1. The van der Waals surface area contributed by atoms with Gasteiger partial charge in [-0.15, -0.1) is 0 Å². The zero-order valence-corrected chi connectivity index (χ0v) is 13.4. The number of nitrogens with one attached hydrogen (secondary N) is 1. The quantitative estimate of drug-likeness (QED) is 0.292. The van der Waals surface area contributed by atoms with E-state index >= 15 is 0 Å². The zero-order chi connectivity index (χ0) is 14.4. The van der Waals surface area contributed by atoms with Crippen LogP contribution in [0.2, 0.25) is 0 Å². The number of ether oxygens (including phenoxy) is 1. The van der Waals surface area contributed by atoms with Gasteiger partial charge in [-0.05, 0) is 31.0 Å². The molecule has 20 heavy (non-hydrogen) atoms. The van der Waals surface area contributed by atoms with Crippen LogP contribution < -0.4 is 16.0 Å². The smallest absolute Gasteiger partial charge is 0.144 e. The Morgan fingerprint density at radius 2 is 2.00 bits per heavy atom. The summed E-state index contributed by atoms with van der Waals surface area (Å²) in [5.41, 5.74) is 3.68. The number of amidine groups is 1. The van der Waals surface area contributed by atoms with Crippen LogP contribution in [-0.4, -0.2) is 19.0 Å². The number of nitrogens with two attached hydrogens (primary N) is 1. The van der Waals surface area contributed by atoms with Crippen molar-refractivity contribution < 1.29 is 4.74 Å². The molecule has 0 atom stereocenters. The highest BCUT2D eigenvalue weighted by molar-refractivity contribution is 9.10. The normalized spacial score (nSPS) is 17.6. The molecule has 0 radical (unpaired) electrons. The number of hydrogen-bond acceptors (Lipinski definition) is 3. The van der Waals surface area contributed by atoms with E-state index < -0.39 is 0 Å². The molecule has 0 aromatic heterocycles.